The number of hydrogen-bond donors (Lipinski definition) is 1. The van der Waals surface area contributed by atoms with E-state index < -0.39 is 10.8 Å². The molecule has 1 amide bonds. The van der Waals surface area contributed by atoms with Crippen molar-refractivity contribution in [2.45, 2.75) is 6.54 Å². The highest BCUT2D eigenvalue weighted by Gasteiger charge is 2.19. The smallest absolute Gasteiger partial charge is 0.282 e. The summed E-state index contributed by atoms with van der Waals surface area (Å²) >= 11 is 0. The van der Waals surface area contributed by atoms with Crippen molar-refractivity contribution in [3.05, 3.63) is 63.8 Å². The zero-order valence-electron chi connectivity index (χ0n) is 14.6. The van der Waals surface area contributed by atoms with Crippen LogP contribution < -0.4 is 10.2 Å². The minimum atomic E-state index is -0.554. The number of rotatable bonds is 5. The number of amides is 1. The van der Waals surface area contributed by atoms with E-state index in [1.165, 1.54) is 18.2 Å². The third-order valence-corrected chi connectivity index (χ3v) is 4.43. The lowest BCUT2D eigenvalue weighted by atomic mass is 10.1. The highest BCUT2D eigenvalue weighted by Crippen LogP contribution is 2.18. The second kappa shape index (κ2) is 7.92. The van der Waals surface area contributed by atoms with Gasteiger partial charge < -0.3 is 15.1 Å². The van der Waals surface area contributed by atoms with Gasteiger partial charge in [0, 0.05) is 45.0 Å². The van der Waals surface area contributed by atoms with Gasteiger partial charge in [0.15, 0.2) is 0 Å². The molecule has 0 bridgehead atoms. The first kappa shape index (κ1) is 17.8. The fraction of sp³-hybridized carbons (Fsp3) is 0.333. The number of hydrogen-bond acceptors (Lipinski definition) is 6. The number of likely N-dealkylation sites (N-methyl/N-ethyl adjacent to an activating group) is 1. The van der Waals surface area contributed by atoms with Gasteiger partial charge in [-0.15, -0.1) is 0 Å². The van der Waals surface area contributed by atoms with E-state index in [4.69, 9.17) is 0 Å². The number of aromatic nitrogens is 1. The van der Waals surface area contributed by atoms with Crippen LogP contribution in [0.2, 0.25) is 0 Å². The molecule has 1 aromatic heterocycles. The Kier molecular flexibility index (Phi) is 5.43. The average Bonchev–Trinajstić information content (AvgIpc) is 2.67. The molecule has 8 nitrogen and oxygen atoms in total. The summed E-state index contributed by atoms with van der Waals surface area (Å²) in [6, 6.07) is 9.77. The van der Waals surface area contributed by atoms with Gasteiger partial charge in [-0.3, -0.25) is 14.9 Å². The van der Waals surface area contributed by atoms with E-state index in [-0.39, 0.29) is 17.8 Å². The van der Waals surface area contributed by atoms with Gasteiger partial charge >= 0.3 is 0 Å². The number of benzene rings is 1. The standard InChI is InChI=1S/C18H21N5O3/c1-21-8-10-22(11-9-21)17-7-6-14(12-19-17)13-20-18(24)15-4-2-3-5-16(15)23(25)26/h2-7,12H,8-11,13H2,1H3,(H,20,24). The summed E-state index contributed by atoms with van der Waals surface area (Å²) < 4.78 is 0. The molecule has 1 aromatic carbocycles. The summed E-state index contributed by atoms with van der Waals surface area (Å²) in [5, 5.41) is 13.7. The third-order valence-electron chi connectivity index (χ3n) is 4.43. The number of nitro groups is 1. The molecule has 0 aliphatic carbocycles. The number of anilines is 1. The molecule has 3 rings (SSSR count). The van der Waals surface area contributed by atoms with Crippen molar-refractivity contribution >= 4 is 17.4 Å². The summed E-state index contributed by atoms with van der Waals surface area (Å²) in [5.74, 6) is 0.451. The van der Waals surface area contributed by atoms with Gasteiger partial charge in [0.2, 0.25) is 0 Å². The Bertz CT molecular complexity index is 786. The Balaban J connectivity index is 1.60. The largest absolute Gasteiger partial charge is 0.354 e. The number of carbonyl (C=O) groups is 1. The first-order valence-electron chi connectivity index (χ1n) is 8.44. The molecule has 2 aromatic rings. The van der Waals surface area contributed by atoms with Gasteiger partial charge in [-0.2, -0.15) is 0 Å². The molecule has 1 fully saturated rings. The molecule has 0 spiro atoms. The molecule has 0 unspecified atom stereocenters. The van der Waals surface area contributed by atoms with Crippen LogP contribution in [0.3, 0.4) is 0 Å². The molecular weight excluding hydrogens is 334 g/mol. The van der Waals surface area contributed by atoms with Crippen molar-refractivity contribution in [1.29, 1.82) is 0 Å². The highest BCUT2D eigenvalue weighted by atomic mass is 16.6. The highest BCUT2D eigenvalue weighted by molar-refractivity contribution is 5.98. The van der Waals surface area contributed by atoms with E-state index in [9.17, 15) is 14.9 Å². The number of piperazine rings is 1. The minimum Gasteiger partial charge on any atom is -0.354 e. The average molecular weight is 355 g/mol. The fourth-order valence-corrected chi connectivity index (χ4v) is 2.85. The SMILES string of the molecule is CN1CCN(c2ccc(CNC(=O)c3ccccc3[N+](=O)[O-])cn2)CC1. The molecule has 1 aliphatic rings. The minimum absolute atomic E-state index is 0.0551. The summed E-state index contributed by atoms with van der Waals surface area (Å²) in [7, 11) is 2.10. The molecule has 1 saturated heterocycles. The van der Waals surface area contributed by atoms with Gasteiger partial charge in [-0.05, 0) is 24.7 Å². The van der Waals surface area contributed by atoms with Crippen molar-refractivity contribution in [2.75, 3.05) is 38.1 Å². The monoisotopic (exact) mass is 355 g/mol. The molecule has 0 atom stereocenters. The van der Waals surface area contributed by atoms with Gasteiger partial charge in [0.05, 0.1) is 4.92 Å². The normalized spacial score (nSPS) is 14.9. The maximum absolute atomic E-state index is 12.2. The molecule has 1 N–H and O–H groups in total. The number of nitrogens with zero attached hydrogens (tertiary/aromatic N) is 4. The van der Waals surface area contributed by atoms with Crippen molar-refractivity contribution in [3.63, 3.8) is 0 Å². The zero-order chi connectivity index (χ0) is 18.5. The van der Waals surface area contributed by atoms with Gasteiger partial charge in [0.25, 0.3) is 11.6 Å². The number of pyridine rings is 1. The Morgan fingerprint density at radius 2 is 1.92 bits per heavy atom. The quantitative estimate of drug-likeness (QED) is 0.648. The predicted molar refractivity (Wildman–Crippen MR) is 98.2 cm³/mol. The van der Waals surface area contributed by atoms with Crippen LogP contribution in [0.15, 0.2) is 42.6 Å². The van der Waals surface area contributed by atoms with Crippen LogP contribution in [-0.2, 0) is 6.54 Å². The Morgan fingerprint density at radius 1 is 1.19 bits per heavy atom. The molecule has 2 heterocycles. The van der Waals surface area contributed by atoms with Crippen molar-refractivity contribution < 1.29 is 9.72 Å². The van der Waals surface area contributed by atoms with E-state index in [2.05, 4.69) is 27.1 Å². The maximum atomic E-state index is 12.2. The molecule has 0 radical (unpaired) electrons. The zero-order valence-corrected chi connectivity index (χ0v) is 14.6. The first-order chi connectivity index (χ1) is 12.5. The molecule has 26 heavy (non-hydrogen) atoms. The van der Waals surface area contributed by atoms with Crippen molar-refractivity contribution in [1.82, 2.24) is 15.2 Å². The van der Waals surface area contributed by atoms with E-state index in [0.29, 0.717) is 0 Å². The first-order valence-corrected chi connectivity index (χ1v) is 8.44. The Morgan fingerprint density at radius 3 is 2.58 bits per heavy atom. The second-order valence-electron chi connectivity index (χ2n) is 6.27. The lowest BCUT2D eigenvalue weighted by molar-refractivity contribution is -0.385. The van der Waals surface area contributed by atoms with Crippen LogP contribution in [-0.4, -0.2) is 53.9 Å². The molecule has 1 aliphatic heterocycles. The van der Waals surface area contributed by atoms with Crippen LogP contribution >= 0.6 is 0 Å². The summed E-state index contributed by atoms with van der Waals surface area (Å²) in [6.07, 6.45) is 1.73. The van der Waals surface area contributed by atoms with E-state index in [1.807, 2.05) is 12.1 Å². The number of para-hydroxylation sites is 1. The predicted octanol–water partition coefficient (Wildman–Crippen LogP) is 1.67. The van der Waals surface area contributed by atoms with Crippen LogP contribution in [0.1, 0.15) is 15.9 Å². The summed E-state index contributed by atoms with van der Waals surface area (Å²) in [4.78, 5) is 31.7. The molecule has 0 saturated carbocycles. The maximum Gasteiger partial charge on any atom is 0.282 e. The van der Waals surface area contributed by atoms with E-state index >= 15 is 0 Å². The second-order valence-corrected chi connectivity index (χ2v) is 6.27. The van der Waals surface area contributed by atoms with Gasteiger partial charge in [-0.25, -0.2) is 4.98 Å². The fourth-order valence-electron chi connectivity index (χ4n) is 2.85. The van der Waals surface area contributed by atoms with Gasteiger partial charge in [-0.1, -0.05) is 18.2 Å². The Hall–Kier alpha value is -3.00. The molecular formula is C18H21N5O3. The van der Waals surface area contributed by atoms with Crippen LogP contribution in [0, 0.1) is 10.1 Å². The lowest BCUT2D eigenvalue weighted by Crippen LogP contribution is -2.44. The van der Waals surface area contributed by atoms with Crippen LogP contribution in [0.5, 0.6) is 0 Å². The van der Waals surface area contributed by atoms with E-state index in [1.54, 1.807) is 12.3 Å². The van der Waals surface area contributed by atoms with Crippen LogP contribution in [0.25, 0.3) is 0 Å². The topological polar surface area (TPSA) is 91.6 Å². The Labute approximate surface area is 151 Å². The summed E-state index contributed by atoms with van der Waals surface area (Å²) in [6.45, 7) is 4.17. The van der Waals surface area contributed by atoms with Crippen molar-refractivity contribution in [3.8, 4) is 0 Å². The number of nitro benzene ring substituents is 1. The number of nitrogens with one attached hydrogen (secondary N) is 1. The summed E-state index contributed by atoms with van der Waals surface area (Å²) in [5.41, 5.74) is 0.697. The van der Waals surface area contributed by atoms with Crippen molar-refractivity contribution in [2.24, 2.45) is 0 Å². The lowest BCUT2D eigenvalue weighted by Gasteiger charge is -2.33. The van der Waals surface area contributed by atoms with Crippen LogP contribution in [0.4, 0.5) is 11.5 Å². The molecule has 8 heteroatoms. The van der Waals surface area contributed by atoms with Gasteiger partial charge in [0.1, 0.15) is 11.4 Å². The molecule has 136 valence electrons. The number of carbonyl (C=O) groups excluding carboxylic acids is 1. The van der Waals surface area contributed by atoms with E-state index in [0.717, 1.165) is 37.6 Å². The third kappa shape index (κ3) is 4.15.